The summed E-state index contributed by atoms with van der Waals surface area (Å²) in [7, 11) is 0. The molecule has 0 aliphatic carbocycles. The minimum Gasteiger partial charge on any atom is -0.388 e. The van der Waals surface area contributed by atoms with E-state index in [-0.39, 0.29) is 6.42 Å². The molecule has 2 aromatic carbocycles. The number of alkyl halides is 3. The maximum atomic E-state index is 12.7. The van der Waals surface area contributed by atoms with Crippen LogP contribution in [0.15, 0.2) is 42.5 Å². The summed E-state index contributed by atoms with van der Waals surface area (Å²) in [6.45, 7) is 0. The summed E-state index contributed by atoms with van der Waals surface area (Å²) in [4.78, 5) is 0. The highest BCUT2D eigenvalue weighted by atomic mass is 127. The van der Waals surface area contributed by atoms with Crippen molar-refractivity contribution in [2.24, 2.45) is 0 Å². The van der Waals surface area contributed by atoms with E-state index < -0.39 is 17.8 Å². The summed E-state index contributed by atoms with van der Waals surface area (Å²) in [5, 5.41) is 10.7. The molecule has 0 amide bonds. The molecule has 2 rings (SSSR count). The van der Waals surface area contributed by atoms with E-state index in [9.17, 15) is 18.3 Å². The van der Waals surface area contributed by atoms with Crippen molar-refractivity contribution in [2.45, 2.75) is 18.7 Å². The molecule has 0 spiro atoms. The van der Waals surface area contributed by atoms with Gasteiger partial charge in [0.25, 0.3) is 0 Å². The van der Waals surface area contributed by atoms with E-state index in [4.69, 9.17) is 11.6 Å². The van der Waals surface area contributed by atoms with Crippen LogP contribution < -0.4 is 0 Å². The van der Waals surface area contributed by atoms with Crippen LogP contribution in [0.25, 0.3) is 0 Å². The third-order valence-electron chi connectivity index (χ3n) is 3.00. The molecule has 0 radical (unpaired) electrons. The number of hydrogen-bond donors (Lipinski definition) is 1. The van der Waals surface area contributed by atoms with Gasteiger partial charge in [0.05, 0.1) is 11.7 Å². The van der Waals surface area contributed by atoms with E-state index >= 15 is 0 Å². The second-order valence-corrected chi connectivity index (χ2v) is 6.18. The first kappa shape index (κ1) is 16.6. The highest BCUT2D eigenvalue weighted by Crippen LogP contribution is 2.31. The van der Waals surface area contributed by atoms with Gasteiger partial charge in [0.15, 0.2) is 0 Å². The fourth-order valence-electron chi connectivity index (χ4n) is 1.98. The van der Waals surface area contributed by atoms with Crippen LogP contribution in [0, 0.1) is 3.57 Å². The van der Waals surface area contributed by atoms with Gasteiger partial charge in [-0.2, -0.15) is 13.2 Å². The molecule has 1 atom stereocenters. The Bertz CT molecular complexity index is 643. The second kappa shape index (κ2) is 6.54. The summed E-state index contributed by atoms with van der Waals surface area (Å²) in [5.74, 6) is 0. The summed E-state index contributed by atoms with van der Waals surface area (Å²) in [5.41, 5.74) is 0.321. The lowest BCUT2D eigenvalue weighted by Gasteiger charge is -2.15. The predicted molar refractivity (Wildman–Crippen MR) is 84.3 cm³/mol. The molecule has 6 heteroatoms. The number of aliphatic hydroxyl groups excluding tert-OH is 1. The number of hydrogen-bond acceptors (Lipinski definition) is 1. The van der Waals surface area contributed by atoms with Gasteiger partial charge in [-0.05, 0) is 58.0 Å². The summed E-state index contributed by atoms with van der Waals surface area (Å²) in [6, 6.07) is 10.1. The molecular formula is C15H11ClF3IO. The molecule has 0 heterocycles. The summed E-state index contributed by atoms with van der Waals surface area (Å²) in [6.07, 6.45) is -5.19. The Morgan fingerprint density at radius 3 is 2.52 bits per heavy atom. The zero-order valence-electron chi connectivity index (χ0n) is 10.7. The lowest BCUT2D eigenvalue weighted by atomic mass is 10.00. The molecule has 0 aliphatic heterocycles. The normalized spacial score (nSPS) is 13.2. The first-order valence-electron chi connectivity index (χ1n) is 6.06. The monoisotopic (exact) mass is 426 g/mol. The van der Waals surface area contributed by atoms with E-state index in [0.29, 0.717) is 16.1 Å². The van der Waals surface area contributed by atoms with Crippen LogP contribution in [-0.4, -0.2) is 5.11 Å². The number of aliphatic hydroxyl groups is 1. The van der Waals surface area contributed by atoms with Crippen molar-refractivity contribution < 1.29 is 18.3 Å². The van der Waals surface area contributed by atoms with Crippen molar-refractivity contribution in [3.05, 3.63) is 67.7 Å². The lowest BCUT2D eigenvalue weighted by molar-refractivity contribution is -0.137. The molecule has 1 nitrogen and oxygen atoms in total. The molecule has 0 saturated carbocycles. The van der Waals surface area contributed by atoms with Crippen molar-refractivity contribution in [3.63, 3.8) is 0 Å². The van der Waals surface area contributed by atoms with Gasteiger partial charge in [0, 0.05) is 15.0 Å². The zero-order chi connectivity index (χ0) is 15.6. The van der Waals surface area contributed by atoms with Gasteiger partial charge in [-0.25, -0.2) is 0 Å². The minimum atomic E-state index is -4.38. The standard InChI is InChI=1S/C15H11ClF3IO/c16-11-4-5-13(20)12(8-11)14(21)7-9-2-1-3-10(6-9)15(17,18)19/h1-6,8,14,21H,7H2. The third kappa shape index (κ3) is 4.34. The summed E-state index contributed by atoms with van der Waals surface area (Å²) < 4.78 is 38.8. The molecule has 0 bridgehead atoms. The quantitative estimate of drug-likeness (QED) is 0.666. The molecule has 112 valence electrons. The fourth-order valence-corrected chi connectivity index (χ4v) is 2.85. The number of benzene rings is 2. The Morgan fingerprint density at radius 2 is 1.86 bits per heavy atom. The first-order valence-corrected chi connectivity index (χ1v) is 7.52. The van der Waals surface area contributed by atoms with Gasteiger partial charge in [-0.3, -0.25) is 0 Å². The van der Waals surface area contributed by atoms with E-state index in [1.807, 2.05) is 0 Å². The topological polar surface area (TPSA) is 20.2 Å². The Balaban J connectivity index is 2.23. The van der Waals surface area contributed by atoms with Gasteiger partial charge in [0.1, 0.15) is 0 Å². The molecule has 0 aromatic heterocycles. The fraction of sp³-hybridized carbons (Fsp3) is 0.200. The average molecular weight is 427 g/mol. The van der Waals surface area contributed by atoms with Crippen LogP contribution in [0.2, 0.25) is 5.02 Å². The molecule has 0 aliphatic rings. The van der Waals surface area contributed by atoms with E-state index in [1.54, 1.807) is 24.3 Å². The van der Waals surface area contributed by atoms with Crippen LogP contribution in [0.1, 0.15) is 22.8 Å². The van der Waals surface area contributed by atoms with Gasteiger partial charge in [0.2, 0.25) is 0 Å². The van der Waals surface area contributed by atoms with Crippen molar-refractivity contribution in [2.75, 3.05) is 0 Å². The Labute approximate surface area is 138 Å². The third-order valence-corrected chi connectivity index (χ3v) is 4.22. The van der Waals surface area contributed by atoms with Crippen LogP contribution in [-0.2, 0) is 12.6 Å². The largest absolute Gasteiger partial charge is 0.416 e. The highest BCUT2D eigenvalue weighted by molar-refractivity contribution is 14.1. The van der Waals surface area contributed by atoms with E-state index in [0.717, 1.165) is 15.7 Å². The van der Waals surface area contributed by atoms with Crippen LogP contribution >= 0.6 is 34.2 Å². The SMILES string of the molecule is OC(Cc1cccc(C(F)(F)F)c1)c1cc(Cl)ccc1I. The molecule has 1 N–H and O–H groups in total. The number of rotatable bonds is 3. The molecule has 1 unspecified atom stereocenters. The van der Waals surface area contributed by atoms with Crippen LogP contribution in [0.3, 0.4) is 0 Å². The number of halogens is 5. The van der Waals surface area contributed by atoms with Crippen LogP contribution in [0.4, 0.5) is 13.2 Å². The van der Waals surface area contributed by atoms with Gasteiger partial charge < -0.3 is 5.11 Å². The van der Waals surface area contributed by atoms with E-state index in [1.165, 1.54) is 6.07 Å². The zero-order valence-corrected chi connectivity index (χ0v) is 13.6. The highest BCUT2D eigenvalue weighted by Gasteiger charge is 2.30. The molecule has 0 saturated heterocycles. The van der Waals surface area contributed by atoms with Crippen molar-refractivity contribution in [3.8, 4) is 0 Å². The molecule has 2 aromatic rings. The first-order chi connectivity index (χ1) is 9.77. The lowest BCUT2D eigenvalue weighted by Crippen LogP contribution is -2.08. The Hall–Kier alpha value is -0.790. The van der Waals surface area contributed by atoms with Gasteiger partial charge in [-0.1, -0.05) is 29.8 Å². The Morgan fingerprint density at radius 1 is 1.14 bits per heavy atom. The van der Waals surface area contributed by atoms with Crippen molar-refractivity contribution in [1.29, 1.82) is 0 Å². The van der Waals surface area contributed by atoms with Gasteiger partial charge in [-0.15, -0.1) is 0 Å². The van der Waals surface area contributed by atoms with Gasteiger partial charge >= 0.3 is 6.18 Å². The minimum absolute atomic E-state index is 0.0975. The van der Waals surface area contributed by atoms with Crippen LogP contribution in [0.5, 0.6) is 0 Å². The molecule has 21 heavy (non-hydrogen) atoms. The van der Waals surface area contributed by atoms with Crippen molar-refractivity contribution >= 4 is 34.2 Å². The van der Waals surface area contributed by atoms with E-state index in [2.05, 4.69) is 22.6 Å². The van der Waals surface area contributed by atoms with Crippen molar-refractivity contribution in [1.82, 2.24) is 0 Å². The predicted octanol–water partition coefficient (Wildman–Crippen LogP) is 5.24. The maximum Gasteiger partial charge on any atom is 0.416 e. The Kier molecular flexibility index (Phi) is 5.16. The average Bonchev–Trinajstić information content (AvgIpc) is 2.41. The summed E-state index contributed by atoms with van der Waals surface area (Å²) >= 11 is 7.94. The molecule has 0 fully saturated rings. The smallest absolute Gasteiger partial charge is 0.388 e. The molecular weight excluding hydrogens is 416 g/mol. The maximum absolute atomic E-state index is 12.7. The second-order valence-electron chi connectivity index (χ2n) is 4.58.